The Morgan fingerprint density at radius 3 is 2.57 bits per heavy atom. The van der Waals surface area contributed by atoms with Crippen LogP contribution >= 0.6 is 0 Å². The molecule has 21 heavy (non-hydrogen) atoms. The number of para-hydroxylation sites is 1. The lowest BCUT2D eigenvalue weighted by Crippen LogP contribution is -2.22. The first-order valence-electron chi connectivity index (χ1n) is 7.35. The third-order valence-electron chi connectivity index (χ3n) is 3.25. The van der Waals surface area contributed by atoms with Gasteiger partial charge in [-0.15, -0.1) is 0 Å². The highest BCUT2D eigenvalue weighted by Gasteiger charge is 2.09. The summed E-state index contributed by atoms with van der Waals surface area (Å²) in [5, 5.41) is 3.23. The first kappa shape index (κ1) is 15.5. The fourth-order valence-corrected chi connectivity index (χ4v) is 2.16. The summed E-state index contributed by atoms with van der Waals surface area (Å²) in [5.41, 5.74) is 2.44. The number of ether oxygens (including phenoxy) is 1. The van der Waals surface area contributed by atoms with Gasteiger partial charge in [0.1, 0.15) is 11.6 Å². The van der Waals surface area contributed by atoms with Crippen LogP contribution in [0.3, 0.4) is 0 Å². The quantitative estimate of drug-likeness (QED) is 0.850. The lowest BCUT2D eigenvalue weighted by molar-refractivity contribution is 0.341. The van der Waals surface area contributed by atoms with Crippen LogP contribution in [0.4, 0.5) is 4.39 Å². The molecule has 0 fully saturated rings. The molecule has 112 valence electrons. The first-order valence-corrected chi connectivity index (χ1v) is 7.35. The highest BCUT2D eigenvalue weighted by molar-refractivity contribution is 5.70. The highest BCUT2D eigenvalue weighted by Crippen LogP contribution is 2.30. The van der Waals surface area contributed by atoms with Gasteiger partial charge in [-0.05, 0) is 24.6 Å². The maximum absolute atomic E-state index is 14.2. The average Bonchev–Trinajstić information content (AvgIpc) is 2.47. The van der Waals surface area contributed by atoms with Gasteiger partial charge in [-0.3, -0.25) is 0 Å². The molecule has 1 N–H and O–H groups in total. The van der Waals surface area contributed by atoms with Gasteiger partial charge in [0.25, 0.3) is 0 Å². The molecular weight excluding hydrogens is 265 g/mol. The van der Waals surface area contributed by atoms with Crippen LogP contribution in [-0.2, 0) is 6.54 Å². The lowest BCUT2D eigenvalue weighted by Gasteiger charge is -2.12. The maximum Gasteiger partial charge on any atom is 0.128 e. The Hall–Kier alpha value is -1.87. The minimum atomic E-state index is -0.188. The normalized spacial score (nSPS) is 10.9. The van der Waals surface area contributed by atoms with E-state index in [0.29, 0.717) is 24.8 Å². The van der Waals surface area contributed by atoms with Gasteiger partial charge in [0.2, 0.25) is 0 Å². The predicted octanol–water partition coefficient (Wildman–Crippen LogP) is 4.39. The molecule has 0 saturated heterocycles. The number of rotatable bonds is 6. The minimum absolute atomic E-state index is 0.188. The van der Waals surface area contributed by atoms with Crippen molar-refractivity contribution in [2.45, 2.75) is 33.4 Å². The van der Waals surface area contributed by atoms with Crippen LogP contribution in [0.25, 0.3) is 11.1 Å². The van der Waals surface area contributed by atoms with Crippen molar-refractivity contribution >= 4 is 0 Å². The lowest BCUT2D eigenvalue weighted by atomic mass is 10.0. The van der Waals surface area contributed by atoms with E-state index in [0.717, 1.165) is 16.9 Å². The van der Waals surface area contributed by atoms with Crippen LogP contribution in [-0.4, -0.2) is 12.6 Å². The molecular formula is C18H22FNO. The van der Waals surface area contributed by atoms with Crippen LogP contribution in [0.15, 0.2) is 42.5 Å². The summed E-state index contributed by atoms with van der Waals surface area (Å²) in [4.78, 5) is 0. The van der Waals surface area contributed by atoms with E-state index in [4.69, 9.17) is 4.74 Å². The van der Waals surface area contributed by atoms with Crippen molar-refractivity contribution in [2.75, 3.05) is 6.61 Å². The maximum atomic E-state index is 14.2. The second kappa shape index (κ2) is 7.23. The molecule has 0 aliphatic heterocycles. The monoisotopic (exact) mass is 287 g/mol. The summed E-state index contributed by atoms with van der Waals surface area (Å²) < 4.78 is 19.8. The van der Waals surface area contributed by atoms with Crippen LogP contribution < -0.4 is 10.1 Å². The van der Waals surface area contributed by atoms with Gasteiger partial charge in [-0.2, -0.15) is 0 Å². The van der Waals surface area contributed by atoms with Gasteiger partial charge in [-0.25, -0.2) is 4.39 Å². The molecule has 0 aliphatic rings. The number of halogens is 1. The molecule has 0 saturated carbocycles. The van der Waals surface area contributed by atoms with Crippen LogP contribution in [0.5, 0.6) is 5.75 Å². The van der Waals surface area contributed by atoms with Crippen molar-refractivity contribution in [1.29, 1.82) is 0 Å². The average molecular weight is 287 g/mol. The Morgan fingerprint density at radius 2 is 1.90 bits per heavy atom. The largest absolute Gasteiger partial charge is 0.493 e. The van der Waals surface area contributed by atoms with E-state index in [1.54, 1.807) is 6.07 Å². The Balaban J connectivity index is 2.27. The molecule has 0 radical (unpaired) electrons. The van der Waals surface area contributed by atoms with Crippen molar-refractivity contribution in [3.05, 3.63) is 53.8 Å². The Bertz CT molecular complexity index is 596. The summed E-state index contributed by atoms with van der Waals surface area (Å²) >= 11 is 0. The Labute approximate surface area is 126 Å². The Kier molecular flexibility index (Phi) is 5.34. The SMILES string of the molecule is CCOc1ccccc1-c1ccc(CNC(C)C)c(F)c1. The van der Waals surface area contributed by atoms with Gasteiger partial charge in [-0.1, -0.05) is 44.2 Å². The van der Waals surface area contributed by atoms with Gasteiger partial charge < -0.3 is 10.1 Å². The molecule has 2 nitrogen and oxygen atoms in total. The summed E-state index contributed by atoms with van der Waals surface area (Å²) in [6.07, 6.45) is 0. The van der Waals surface area contributed by atoms with Crippen molar-refractivity contribution in [3.63, 3.8) is 0 Å². The molecule has 3 heteroatoms. The molecule has 0 unspecified atom stereocenters. The molecule has 0 spiro atoms. The van der Waals surface area contributed by atoms with Gasteiger partial charge >= 0.3 is 0 Å². The van der Waals surface area contributed by atoms with Gasteiger partial charge in [0.15, 0.2) is 0 Å². The Morgan fingerprint density at radius 1 is 1.14 bits per heavy atom. The fraction of sp³-hybridized carbons (Fsp3) is 0.333. The molecule has 0 aliphatic carbocycles. The van der Waals surface area contributed by atoms with E-state index in [9.17, 15) is 4.39 Å². The number of hydrogen-bond acceptors (Lipinski definition) is 2. The zero-order valence-corrected chi connectivity index (χ0v) is 12.8. The molecule has 2 rings (SSSR count). The van der Waals surface area contributed by atoms with E-state index in [2.05, 4.69) is 5.32 Å². The summed E-state index contributed by atoms with van der Waals surface area (Å²) in [5.74, 6) is 0.597. The molecule has 2 aromatic carbocycles. The van der Waals surface area contributed by atoms with E-state index in [1.807, 2.05) is 57.2 Å². The van der Waals surface area contributed by atoms with Crippen LogP contribution in [0.2, 0.25) is 0 Å². The van der Waals surface area contributed by atoms with E-state index in [-0.39, 0.29) is 5.82 Å². The second-order valence-electron chi connectivity index (χ2n) is 5.27. The summed E-state index contributed by atoms with van der Waals surface area (Å²) in [6.45, 7) is 7.17. The predicted molar refractivity (Wildman–Crippen MR) is 85.0 cm³/mol. The summed E-state index contributed by atoms with van der Waals surface area (Å²) in [6, 6.07) is 13.4. The minimum Gasteiger partial charge on any atom is -0.493 e. The fourth-order valence-electron chi connectivity index (χ4n) is 2.16. The van der Waals surface area contributed by atoms with E-state index >= 15 is 0 Å². The number of benzene rings is 2. The molecule has 0 aromatic heterocycles. The molecule has 0 bridgehead atoms. The van der Waals surface area contributed by atoms with E-state index < -0.39 is 0 Å². The van der Waals surface area contributed by atoms with Crippen molar-refractivity contribution in [3.8, 4) is 16.9 Å². The van der Waals surface area contributed by atoms with Crippen LogP contribution in [0.1, 0.15) is 26.3 Å². The van der Waals surface area contributed by atoms with Gasteiger partial charge in [0.05, 0.1) is 6.61 Å². The first-order chi connectivity index (χ1) is 10.1. The van der Waals surface area contributed by atoms with Crippen molar-refractivity contribution in [2.24, 2.45) is 0 Å². The van der Waals surface area contributed by atoms with Gasteiger partial charge in [0, 0.05) is 23.7 Å². The third kappa shape index (κ3) is 4.05. The third-order valence-corrected chi connectivity index (χ3v) is 3.25. The van der Waals surface area contributed by atoms with E-state index in [1.165, 1.54) is 0 Å². The van der Waals surface area contributed by atoms with Crippen molar-refractivity contribution in [1.82, 2.24) is 5.32 Å². The zero-order valence-electron chi connectivity index (χ0n) is 12.8. The molecule has 0 amide bonds. The topological polar surface area (TPSA) is 21.3 Å². The highest BCUT2D eigenvalue weighted by atomic mass is 19.1. The molecule has 0 atom stereocenters. The smallest absolute Gasteiger partial charge is 0.128 e. The molecule has 2 aromatic rings. The zero-order chi connectivity index (χ0) is 15.2. The van der Waals surface area contributed by atoms with Crippen molar-refractivity contribution < 1.29 is 9.13 Å². The number of hydrogen-bond donors (Lipinski definition) is 1. The number of nitrogens with one attached hydrogen (secondary N) is 1. The molecule has 0 heterocycles. The van der Waals surface area contributed by atoms with Crippen LogP contribution in [0, 0.1) is 5.82 Å². The standard InChI is InChI=1S/C18H22FNO/c1-4-21-18-8-6-5-7-16(18)14-9-10-15(17(19)11-14)12-20-13(2)3/h5-11,13,20H,4,12H2,1-3H3. The summed E-state index contributed by atoms with van der Waals surface area (Å²) in [7, 11) is 0. The second-order valence-corrected chi connectivity index (χ2v) is 5.27.